The van der Waals surface area contributed by atoms with Gasteiger partial charge in [0.05, 0.1) is 0 Å². The first-order valence-electron chi connectivity index (χ1n) is 6.39. The van der Waals surface area contributed by atoms with Gasteiger partial charge in [-0.05, 0) is 26.3 Å². The molecule has 0 radical (unpaired) electrons. The Morgan fingerprint density at radius 1 is 1.11 bits per heavy atom. The fraction of sp³-hybridized carbons (Fsp3) is 0.429. The van der Waals surface area contributed by atoms with Gasteiger partial charge in [-0.15, -0.1) is 0 Å². The van der Waals surface area contributed by atoms with Crippen LogP contribution in [0, 0.1) is 6.92 Å². The molecule has 0 aliphatic carbocycles. The van der Waals surface area contributed by atoms with Crippen molar-refractivity contribution < 1.29 is 4.52 Å². The number of aromatic nitrogens is 2. The van der Waals surface area contributed by atoms with E-state index in [1.165, 1.54) is 5.56 Å². The maximum atomic E-state index is 5.45. The molecule has 0 spiro atoms. The third-order valence-electron chi connectivity index (χ3n) is 2.87. The molecular weight excluding hydrogens is 226 g/mol. The number of nitrogens with two attached hydrogens (primary N) is 1. The van der Waals surface area contributed by atoms with Gasteiger partial charge in [0.2, 0.25) is 11.7 Å². The van der Waals surface area contributed by atoms with E-state index in [1.54, 1.807) is 0 Å². The Balaban J connectivity index is 1.95. The number of benzene rings is 1. The number of aryl methyl sites for hydroxylation is 2. The van der Waals surface area contributed by atoms with Crippen LogP contribution in [0.3, 0.4) is 0 Å². The van der Waals surface area contributed by atoms with Gasteiger partial charge in [0.1, 0.15) is 0 Å². The molecule has 18 heavy (non-hydrogen) atoms. The predicted octanol–water partition coefficient (Wildman–Crippen LogP) is 2.72. The molecule has 0 atom stereocenters. The summed E-state index contributed by atoms with van der Waals surface area (Å²) >= 11 is 0. The van der Waals surface area contributed by atoms with E-state index in [4.69, 9.17) is 10.3 Å². The number of nitrogens with zero attached hydrogens (tertiary/aromatic N) is 2. The van der Waals surface area contributed by atoms with Crippen LogP contribution in [0.15, 0.2) is 28.8 Å². The molecule has 2 N–H and O–H groups in total. The van der Waals surface area contributed by atoms with Gasteiger partial charge >= 0.3 is 0 Å². The molecule has 0 aliphatic rings. The second-order valence-corrected chi connectivity index (χ2v) is 4.48. The molecule has 0 aliphatic heterocycles. The van der Waals surface area contributed by atoms with Crippen LogP contribution in [0.2, 0.25) is 0 Å². The highest BCUT2D eigenvalue weighted by Gasteiger charge is 2.07. The maximum absolute atomic E-state index is 5.45. The highest BCUT2D eigenvalue weighted by molar-refractivity contribution is 5.54. The lowest BCUT2D eigenvalue weighted by Crippen LogP contribution is -1.98. The van der Waals surface area contributed by atoms with Gasteiger partial charge in [0.25, 0.3) is 0 Å². The van der Waals surface area contributed by atoms with E-state index >= 15 is 0 Å². The molecule has 1 aromatic carbocycles. The summed E-state index contributed by atoms with van der Waals surface area (Å²) in [5, 5.41) is 4.00. The second-order valence-electron chi connectivity index (χ2n) is 4.48. The van der Waals surface area contributed by atoms with Crippen LogP contribution < -0.4 is 5.73 Å². The van der Waals surface area contributed by atoms with Gasteiger partial charge in [-0.1, -0.05) is 41.4 Å². The Morgan fingerprint density at radius 2 is 1.89 bits per heavy atom. The fourth-order valence-corrected chi connectivity index (χ4v) is 1.77. The summed E-state index contributed by atoms with van der Waals surface area (Å²) in [7, 11) is 0. The van der Waals surface area contributed by atoms with Gasteiger partial charge in [0, 0.05) is 12.0 Å². The molecular formula is C14H19N3O. The molecule has 0 fully saturated rings. The lowest BCUT2D eigenvalue weighted by molar-refractivity contribution is 0.374. The quantitative estimate of drug-likeness (QED) is 0.795. The fourth-order valence-electron chi connectivity index (χ4n) is 1.77. The standard InChI is InChI=1S/C14H19N3O/c1-11-6-8-12(9-7-11)14-16-13(18-17-14)5-3-2-4-10-15/h6-9H,2-5,10,15H2,1H3. The zero-order valence-corrected chi connectivity index (χ0v) is 10.7. The molecule has 96 valence electrons. The zero-order valence-electron chi connectivity index (χ0n) is 10.7. The van der Waals surface area contributed by atoms with Crippen molar-refractivity contribution in [2.45, 2.75) is 32.6 Å². The molecule has 0 saturated heterocycles. The van der Waals surface area contributed by atoms with Gasteiger partial charge < -0.3 is 10.3 Å². The molecule has 4 nitrogen and oxygen atoms in total. The third-order valence-corrected chi connectivity index (χ3v) is 2.87. The minimum absolute atomic E-state index is 0.670. The van der Waals surface area contributed by atoms with Crippen molar-refractivity contribution >= 4 is 0 Å². The van der Waals surface area contributed by atoms with Crippen molar-refractivity contribution in [1.82, 2.24) is 10.1 Å². The molecule has 2 aromatic rings. The van der Waals surface area contributed by atoms with Crippen LogP contribution >= 0.6 is 0 Å². The zero-order chi connectivity index (χ0) is 12.8. The summed E-state index contributed by atoms with van der Waals surface area (Å²) < 4.78 is 5.24. The van der Waals surface area contributed by atoms with Crippen molar-refractivity contribution in [3.8, 4) is 11.4 Å². The molecule has 2 rings (SSSR count). The SMILES string of the molecule is Cc1ccc(-c2noc(CCCCCN)n2)cc1. The van der Waals surface area contributed by atoms with Crippen molar-refractivity contribution in [2.24, 2.45) is 5.73 Å². The van der Waals surface area contributed by atoms with E-state index in [9.17, 15) is 0 Å². The minimum Gasteiger partial charge on any atom is -0.339 e. The van der Waals surface area contributed by atoms with E-state index in [-0.39, 0.29) is 0 Å². The highest BCUT2D eigenvalue weighted by Crippen LogP contribution is 2.17. The average Bonchev–Trinajstić information content (AvgIpc) is 2.84. The Hall–Kier alpha value is -1.68. The third kappa shape index (κ3) is 3.40. The number of rotatable bonds is 6. The normalized spacial score (nSPS) is 10.8. The second kappa shape index (κ2) is 6.31. The van der Waals surface area contributed by atoms with Crippen molar-refractivity contribution in [2.75, 3.05) is 6.54 Å². The summed E-state index contributed by atoms with van der Waals surface area (Å²) in [4.78, 5) is 4.40. The van der Waals surface area contributed by atoms with E-state index in [1.807, 2.05) is 24.3 Å². The van der Waals surface area contributed by atoms with Gasteiger partial charge in [-0.2, -0.15) is 4.98 Å². The van der Waals surface area contributed by atoms with Gasteiger partial charge in [-0.3, -0.25) is 0 Å². The first-order chi connectivity index (χ1) is 8.79. The lowest BCUT2D eigenvalue weighted by Gasteiger charge is -1.95. The lowest BCUT2D eigenvalue weighted by atomic mass is 10.1. The first kappa shape index (κ1) is 12.8. The molecule has 4 heteroatoms. The van der Waals surface area contributed by atoms with Crippen LogP contribution in [-0.2, 0) is 6.42 Å². The van der Waals surface area contributed by atoms with Gasteiger partial charge in [-0.25, -0.2) is 0 Å². The van der Waals surface area contributed by atoms with Crippen molar-refractivity contribution in [3.63, 3.8) is 0 Å². The smallest absolute Gasteiger partial charge is 0.226 e. The number of unbranched alkanes of at least 4 members (excludes halogenated alkanes) is 2. The van der Waals surface area contributed by atoms with Crippen LogP contribution in [0.1, 0.15) is 30.7 Å². The summed E-state index contributed by atoms with van der Waals surface area (Å²) in [6.07, 6.45) is 4.04. The summed E-state index contributed by atoms with van der Waals surface area (Å²) in [5.74, 6) is 1.38. The summed E-state index contributed by atoms with van der Waals surface area (Å²) in [5.41, 5.74) is 7.67. The van der Waals surface area contributed by atoms with Crippen molar-refractivity contribution in [3.05, 3.63) is 35.7 Å². The minimum atomic E-state index is 0.670. The van der Waals surface area contributed by atoms with Crippen LogP contribution in [-0.4, -0.2) is 16.7 Å². The largest absolute Gasteiger partial charge is 0.339 e. The monoisotopic (exact) mass is 245 g/mol. The number of hydrogen-bond acceptors (Lipinski definition) is 4. The topological polar surface area (TPSA) is 64.9 Å². The first-order valence-corrected chi connectivity index (χ1v) is 6.39. The number of hydrogen-bond donors (Lipinski definition) is 1. The van der Waals surface area contributed by atoms with E-state index < -0.39 is 0 Å². The highest BCUT2D eigenvalue weighted by atomic mass is 16.5. The van der Waals surface area contributed by atoms with E-state index in [0.717, 1.165) is 37.8 Å². The van der Waals surface area contributed by atoms with Crippen molar-refractivity contribution in [1.29, 1.82) is 0 Å². The molecule has 0 bridgehead atoms. The summed E-state index contributed by atoms with van der Waals surface area (Å²) in [6.45, 7) is 2.81. The molecule has 0 unspecified atom stereocenters. The molecule has 1 heterocycles. The van der Waals surface area contributed by atoms with Crippen LogP contribution in [0.5, 0.6) is 0 Å². The maximum Gasteiger partial charge on any atom is 0.226 e. The Kier molecular flexibility index (Phi) is 4.47. The molecule has 0 amide bonds. The Labute approximate surface area is 107 Å². The van der Waals surface area contributed by atoms with E-state index in [2.05, 4.69) is 17.1 Å². The molecule has 1 aromatic heterocycles. The van der Waals surface area contributed by atoms with Crippen LogP contribution in [0.25, 0.3) is 11.4 Å². The van der Waals surface area contributed by atoms with E-state index in [0.29, 0.717) is 11.7 Å². The average molecular weight is 245 g/mol. The van der Waals surface area contributed by atoms with Crippen LogP contribution in [0.4, 0.5) is 0 Å². The summed E-state index contributed by atoms with van der Waals surface area (Å²) in [6, 6.07) is 8.12. The Morgan fingerprint density at radius 3 is 2.61 bits per heavy atom. The van der Waals surface area contributed by atoms with Gasteiger partial charge in [0.15, 0.2) is 0 Å². The molecule has 0 saturated carbocycles. The predicted molar refractivity (Wildman–Crippen MR) is 71.1 cm³/mol. The Bertz CT molecular complexity index is 476.